The van der Waals surface area contributed by atoms with Crippen molar-refractivity contribution in [3.63, 3.8) is 0 Å². The van der Waals surface area contributed by atoms with Crippen molar-refractivity contribution in [1.82, 2.24) is 5.32 Å². The number of hydrogen-bond donors (Lipinski definition) is 1. The first-order valence-corrected chi connectivity index (χ1v) is 5.22. The molecule has 0 heterocycles. The minimum absolute atomic E-state index is 0.0295. The van der Waals surface area contributed by atoms with Crippen LogP contribution in [-0.2, 0) is 4.74 Å². The van der Waals surface area contributed by atoms with Crippen molar-refractivity contribution >= 4 is 0 Å². The van der Waals surface area contributed by atoms with Crippen molar-refractivity contribution in [3.8, 4) is 0 Å². The Hall–Kier alpha value is -0.0800. The molecule has 0 bridgehead atoms. The van der Waals surface area contributed by atoms with E-state index in [1.54, 1.807) is 0 Å². The Balaban J connectivity index is 2.44. The van der Waals surface area contributed by atoms with Crippen molar-refractivity contribution in [2.24, 2.45) is 0 Å². The molecule has 0 radical (unpaired) electrons. The summed E-state index contributed by atoms with van der Waals surface area (Å²) in [5.41, 5.74) is 0.0295. The molecule has 1 fully saturated rings. The number of nitrogens with one attached hydrogen (secondary N) is 1. The minimum Gasteiger partial charge on any atom is -0.361 e. The molecule has 0 unspecified atom stereocenters. The molecular formula is C10H21NO. The molecule has 0 aromatic carbocycles. The summed E-state index contributed by atoms with van der Waals surface area (Å²) in [4.78, 5) is 0. The summed E-state index contributed by atoms with van der Waals surface area (Å²) in [5, 5.41) is 3.48. The van der Waals surface area contributed by atoms with Crippen molar-refractivity contribution < 1.29 is 4.74 Å². The average Bonchev–Trinajstić information content (AvgIpc) is 2.07. The van der Waals surface area contributed by atoms with Gasteiger partial charge in [0.05, 0.1) is 0 Å². The third kappa shape index (κ3) is 2.46. The highest BCUT2D eigenvalue weighted by Gasteiger charge is 2.30. The highest BCUT2D eigenvalue weighted by molar-refractivity contribution is 4.81. The first-order valence-electron chi connectivity index (χ1n) is 5.22. The van der Waals surface area contributed by atoms with Gasteiger partial charge in [-0.3, -0.25) is 5.32 Å². The molecule has 0 aromatic heterocycles. The molecule has 0 atom stereocenters. The van der Waals surface area contributed by atoms with Gasteiger partial charge in [0.25, 0.3) is 0 Å². The molecule has 12 heavy (non-hydrogen) atoms. The monoisotopic (exact) mass is 171 g/mol. The molecule has 0 aliphatic heterocycles. The maximum atomic E-state index is 5.80. The van der Waals surface area contributed by atoms with E-state index in [0.29, 0.717) is 0 Å². The Morgan fingerprint density at radius 1 is 1.17 bits per heavy atom. The summed E-state index contributed by atoms with van der Waals surface area (Å²) >= 11 is 0. The molecule has 0 amide bonds. The van der Waals surface area contributed by atoms with E-state index in [0.717, 1.165) is 13.2 Å². The summed E-state index contributed by atoms with van der Waals surface area (Å²) in [7, 11) is 0. The number of rotatable bonds is 4. The van der Waals surface area contributed by atoms with Crippen LogP contribution in [0.2, 0.25) is 0 Å². The molecule has 0 aromatic rings. The van der Waals surface area contributed by atoms with Crippen molar-refractivity contribution in [2.75, 3.05) is 13.2 Å². The van der Waals surface area contributed by atoms with E-state index in [1.807, 2.05) is 0 Å². The van der Waals surface area contributed by atoms with Gasteiger partial charge in [0.2, 0.25) is 0 Å². The summed E-state index contributed by atoms with van der Waals surface area (Å²) in [6.45, 7) is 6.07. The van der Waals surface area contributed by atoms with Crippen LogP contribution in [0.3, 0.4) is 0 Å². The zero-order chi connectivity index (χ0) is 8.86. The fourth-order valence-corrected chi connectivity index (χ4v) is 2.09. The molecule has 0 spiro atoms. The normalized spacial score (nSPS) is 22.5. The summed E-state index contributed by atoms with van der Waals surface area (Å²) in [6, 6.07) is 0. The van der Waals surface area contributed by atoms with E-state index in [2.05, 4.69) is 19.2 Å². The van der Waals surface area contributed by atoms with Gasteiger partial charge in [-0.25, -0.2) is 0 Å². The Bertz CT molecular complexity index is 103. The van der Waals surface area contributed by atoms with Gasteiger partial charge >= 0.3 is 0 Å². The van der Waals surface area contributed by atoms with Crippen molar-refractivity contribution in [3.05, 3.63) is 0 Å². The van der Waals surface area contributed by atoms with E-state index < -0.39 is 0 Å². The van der Waals surface area contributed by atoms with Gasteiger partial charge in [-0.2, -0.15) is 0 Å². The second-order valence-electron chi connectivity index (χ2n) is 3.52. The molecule has 2 nitrogen and oxygen atoms in total. The van der Waals surface area contributed by atoms with Crippen molar-refractivity contribution in [2.45, 2.75) is 51.7 Å². The van der Waals surface area contributed by atoms with Crippen LogP contribution < -0.4 is 5.32 Å². The number of hydrogen-bond acceptors (Lipinski definition) is 2. The first kappa shape index (κ1) is 10.0. The van der Waals surface area contributed by atoms with Gasteiger partial charge in [0.1, 0.15) is 5.72 Å². The lowest BCUT2D eigenvalue weighted by atomic mass is 9.91. The Morgan fingerprint density at radius 3 is 2.33 bits per heavy atom. The van der Waals surface area contributed by atoms with Gasteiger partial charge in [-0.1, -0.05) is 13.3 Å². The van der Waals surface area contributed by atoms with Crippen LogP contribution in [-0.4, -0.2) is 18.9 Å². The van der Waals surface area contributed by atoms with Gasteiger partial charge < -0.3 is 4.74 Å². The maximum Gasteiger partial charge on any atom is 0.119 e. The summed E-state index contributed by atoms with van der Waals surface area (Å²) in [6.07, 6.45) is 6.38. The molecule has 1 saturated carbocycles. The second kappa shape index (κ2) is 4.83. The van der Waals surface area contributed by atoms with Gasteiger partial charge in [-0.05, 0) is 39.2 Å². The largest absolute Gasteiger partial charge is 0.361 e. The van der Waals surface area contributed by atoms with Crippen LogP contribution in [0.25, 0.3) is 0 Å². The zero-order valence-corrected chi connectivity index (χ0v) is 8.36. The molecule has 72 valence electrons. The lowest BCUT2D eigenvalue weighted by Gasteiger charge is -2.37. The third-order valence-corrected chi connectivity index (χ3v) is 2.58. The van der Waals surface area contributed by atoms with E-state index in [9.17, 15) is 0 Å². The van der Waals surface area contributed by atoms with Crippen LogP contribution in [0.5, 0.6) is 0 Å². The third-order valence-electron chi connectivity index (χ3n) is 2.58. The highest BCUT2D eigenvalue weighted by Crippen LogP contribution is 2.28. The second-order valence-corrected chi connectivity index (χ2v) is 3.52. The lowest BCUT2D eigenvalue weighted by molar-refractivity contribution is -0.0882. The fourth-order valence-electron chi connectivity index (χ4n) is 2.09. The van der Waals surface area contributed by atoms with E-state index in [1.165, 1.54) is 32.1 Å². The Labute approximate surface area is 75.7 Å². The first-order chi connectivity index (χ1) is 5.83. The zero-order valence-electron chi connectivity index (χ0n) is 8.36. The standard InChI is InChI=1S/C10H21NO/c1-3-11-10(12-4-2)8-6-5-7-9-10/h11H,3-9H2,1-2H3. The molecule has 1 rings (SSSR count). The molecule has 1 aliphatic rings. The number of ether oxygens (including phenoxy) is 1. The summed E-state index contributed by atoms with van der Waals surface area (Å²) in [5.74, 6) is 0. The van der Waals surface area contributed by atoms with E-state index >= 15 is 0 Å². The van der Waals surface area contributed by atoms with Gasteiger partial charge in [0, 0.05) is 6.61 Å². The minimum atomic E-state index is 0.0295. The Morgan fingerprint density at radius 2 is 1.83 bits per heavy atom. The molecule has 1 aliphatic carbocycles. The Kier molecular flexibility index (Phi) is 4.02. The fraction of sp³-hybridized carbons (Fsp3) is 1.00. The highest BCUT2D eigenvalue weighted by atomic mass is 16.5. The molecule has 0 saturated heterocycles. The molecular weight excluding hydrogens is 150 g/mol. The average molecular weight is 171 g/mol. The summed E-state index contributed by atoms with van der Waals surface area (Å²) < 4.78 is 5.80. The van der Waals surface area contributed by atoms with E-state index in [-0.39, 0.29) is 5.72 Å². The van der Waals surface area contributed by atoms with E-state index in [4.69, 9.17) is 4.74 Å². The van der Waals surface area contributed by atoms with Crippen LogP contribution in [0.1, 0.15) is 46.0 Å². The van der Waals surface area contributed by atoms with Gasteiger partial charge in [-0.15, -0.1) is 0 Å². The SMILES string of the molecule is CCNC1(OCC)CCCCC1. The predicted molar refractivity (Wildman–Crippen MR) is 51.1 cm³/mol. The van der Waals surface area contributed by atoms with Crippen LogP contribution in [0, 0.1) is 0 Å². The maximum absolute atomic E-state index is 5.80. The molecule has 2 heteroatoms. The van der Waals surface area contributed by atoms with Crippen LogP contribution in [0.4, 0.5) is 0 Å². The molecule has 1 N–H and O–H groups in total. The van der Waals surface area contributed by atoms with Gasteiger partial charge in [0.15, 0.2) is 0 Å². The smallest absolute Gasteiger partial charge is 0.119 e. The quantitative estimate of drug-likeness (QED) is 0.655. The predicted octanol–water partition coefficient (Wildman–Crippen LogP) is 2.29. The topological polar surface area (TPSA) is 21.3 Å². The van der Waals surface area contributed by atoms with Crippen molar-refractivity contribution in [1.29, 1.82) is 0 Å². The van der Waals surface area contributed by atoms with Crippen LogP contribution >= 0.6 is 0 Å². The lowest BCUT2D eigenvalue weighted by Crippen LogP contribution is -2.49. The van der Waals surface area contributed by atoms with Crippen LogP contribution in [0.15, 0.2) is 0 Å².